The van der Waals surface area contributed by atoms with Gasteiger partial charge in [0.25, 0.3) is 0 Å². The van der Waals surface area contributed by atoms with E-state index in [2.05, 4.69) is 47.7 Å². The lowest BCUT2D eigenvalue weighted by molar-refractivity contribution is -0.136. The summed E-state index contributed by atoms with van der Waals surface area (Å²) in [6, 6.07) is 18.1. The fourth-order valence-corrected chi connectivity index (χ4v) is 3.28. The predicted octanol–water partition coefficient (Wildman–Crippen LogP) is 5.17. The first-order valence-corrected chi connectivity index (χ1v) is 11.0. The molecule has 3 rings (SSSR count). The first kappa shape index (κ1) is 23.6. The summed E-state index contributed by atoms with van der Waals surface area (Å²) in [7, 11) is 0. The minimum absolute atomic E-state index is 0.190. The van der Waals surface area contributed by atoms with Gasteiger partial charge in [0.05, 0.1) is 16.8 Å². The summed E-state index contributed by atoms with van der Waals surface area (Å²) in [4.78, 5) is 36.4. The van der Waals surface area contributed by atoms with Crippen molar-refractivity contribution in [3.63, 3.8) is 0 Å². The molecule has 0 bridgehead atoms. The smallest absolute Gasteiger partial charge is 0.345 e. The molecule has 3 aromatic carbocycles. The summed E-state index contributed by atoms with van der Waals surface area (Å²) in [5.41, 5.74) is 3.18. The molecule has 2 amide bonds. The van der Waals surface area contributed by atoms with Crippen LogP contribution in [0.4, 0.5) is 5.69 Å². The van der Waals surface area contributed by atoms with Crippen molar-refractivity contribution in [1.29, 1.82) is 0 Å². The van der Waals surface area contributed by atoms with Crippen molar-refractivity contribution in [2.75, 3.05) is 5.32 Å². The first-order valence-electron chi connectivity index (χ1n) is 8.99. The lowest BCUT2D eigenvalue weighted by Crippen LogP contribution is -2.32. The average Bonchev–Trinajstić information content (AvgIpc) is 2.77. The molecule has 0 saturated carbocycles. The number of nitrogens with one attached hydrogen (secondary N) is 2. The van der Waals surface area contributed by atoms with Gasteiger partial charge in [0, 0.05) is 20.2 Å². The van der Waals surface area contributed by atoms with Crippen molar-refractivity contribution in [3.8, 4) is 5.75 Å². The van der Waals surface area contributed by atoms with Gasteiger partial charge in [-0.15, -0.1) is 0 Å². The Morgan fingerprint density at radius 2 is 1.59 bits per heavy atom. The molecule has 0 atom stereocenters. The molecule has 162 valence electrons. The number of hydrazone groups is 1. The standard InChI is InChI=1S/C22H14Br2ClN3O4/c23-14-5-8-16(9-6-14)27-20(29)21(30)28-26-12-13-11-15(24)7-10-19(13)32-22(31)17-3-1-2-4-18(17)25/h1-12H,(H,27,29)(H,28,30)/b26-12+. The van der Waals surface area contributed by atoms with Crippen LogP contribution < -0.4 is 15.5 Å². The molecule has 0 unspecified atom stereocenters. The Morgan fingerprint density at radius 3 is 2.31 bits per heavy atom. The molecule has 0 saturated heterocycles. The van der Waals surface area contributed by atoms with Crippen molar-refractivity contribution in [3.05, 3.63) is 91.8 Å². The molecule has 7 nitrogen and oxygen atoms in total. The number of rotatable bonds is 5. The molecule has 0 spiro atoms. The number of carbonyl (C=O) groups excluding carboxylic acids is 3. The third-order valence-corrected chi connectivity index (χ3v) is 5.30. The summed E-state index contributed by atoms with van der Waals surface area (Å²) in [6.45, 7) is 0. The van der Waals surface area contributed by atoms with E-state index in [4.69, 9.17) is 16.3 Å². The van der Waals surface area contributed by atoms with Crippen molar-refractivity contribution in [2.45, 2.75) is 0 Å². The van der Waals surface area contributed by atoms with Crippen LogP contribution >= 0.6 is 43.5 Å². The molecule has 10 heteroatoms. The highest BCUT2D eigenvalue weighted by atomic mass is 79.9. The Kier molecular flexibility index (Phi) is 8.15. The van der Waals surface area contributed by atoms with Crippen LogP contribution in [0.25, 0.3) is 0 Å². The third kappa shape index (κ3) is 6.49. The van der Waals surface area contributed by atoms with Gasteiger partial charge in [0.1, 0.15) is 5.75 Å². The molecule has 3 aromatic rings. The van der Waals surface area contributed by atoms with Crippen molar-refractivity contribution < 1.29 is 19.1 Å². The van der Waals surface area contributed by atoms with Gasteiger partial charge in [0.2, 0.25) is 0 Å². The van der Waals surface area contributed by atoms with E-state index in [0.717, 1.165) is 4.47 Å². The van der Waals surface area contributed by atoms with E-state index in [1.807, 2.05) is 0 Å². The van der Waals surface area contributed by atoms with Gasteiger partial charge in [-0.1, -0.05) is 55.6 Å². The van der Waals surface area contributed by atoms with Gasteiger partial charge in [-0.3, -0.25) is 9.59 Å². The van der Waals surface area contributed by atoms with E-state index in [-0.39, 0.29) is 16.3 Å². The Hall–Kier alpha value is -3.01. The van der Waals surface area contributed by atoms with E-state index >= 15 is 0 Å². The molecule has 32 heavy (non-hydrogen) atoms. The van der Waals surface area contributed by atoms with Crippen LogP contribution in [-0.4, -0.2) is 24.0 Å². The zero-order valence-corrected chi connectivity index (χ0v) is 20.1. The summed E-state index contributed by atoms with van der Waals surface area (Å²) in [5.74, 6) is -2.31. The fourth-order valence-electron chi connectivity index (χ4n) is 2.43. The molecule has 0 aliphatic carbocycles. The van der Waals surface area contributed by atoms with Gasteiger partial charge in [-0.2, -0.15) is 5.10 Å². The van der Waals surface area contributed by atoms with E-state index in [1.54, 1.807) is 66.7 Å². The van der Waals surface area contributed by atoms with Gasteiger partial charge in [0.15, 0.2) is 0 Å². The molecular formula is C22H14Br2ClN3O4. The monoisotopic (exact) mass is 577 g/mol. The second kappa shape index (κ2) is 11.0. The first-order chi connectivity index (χ1) is 15.3. The lowest BCUT2D eigenvalue weighted by atomic mass is 10.2. The highest BCUT2D eigenvalue weighted by Crippen LogP contribution is 2.24. The molecular weight excluding hydrogens is 566 g/mol. The number of nitrogens with zero attached hydrogens (tertiary/aromatic N) is 1. The number of benzene rings is 3. The van der Waals surface area contributed by atoms with E-state index in [1.165, 1.54) is 6.21 Å². The van der Waals surface area contributed by atoms with Gasteiger partial charge in [-0.25, -0.2) is 10.2 Å². The Morgan fingerprint density at radius 1 is 0.906 bits per heavy atom. The molecule has 0 aliphatic heterocycles. The number of amides is 2. The van der Waals surface area contributed by atoms with Crippen LogP contribution in [0.15, 0.2) is 80.8 Å². The Bertz CT molecular complexity index is 1200. The Labute approximate surface area is 205 Å². The van der Waals surface area contributed by atoms with Crippen LogP contribution in [0.2, 0.25) is 5.02 Å². The number of halogens is 3. The van der Waals surface area contributed by atoms with Crippen LogP contribution in [0.1, 0.15) is 15.9 Å². The molecule has 0 aliphatic rings. The molecule has 0 fully saturated rings. The zero-order valence-electron chi connectivity index (χ0n) is 16.1. The van der Waals surface area contributed by atoms with Crippen LogP contribution in [0.5, 0.6) is 5.75 Å². The SMILES string of the molecule is O=C(N/N=C/c1cc(Br)ccc1OC(=O)c1ccccc1Cl)C(=O)Nc1ccc(Br)cc1. The highest BCUT2D eigenvalue weighted by molar-refractivity contribution is 9.10. The maximum absolute atomic E-state index is 12.4. The molecule has 0 radical (unpaired) electrons. The van der Waals surface area contributed by atoms with Crippen molar-refractivity contribution >= 4 is 73.1 Å². The largest absolute Gasteiger partial charge is 0.422 e. The highest BCUT2D eigenvalue weighted by Gasteiger charge is 2.15. The quantitative estimate of drug-likeness (QED) is 0.143. The second-order valence-corrected chi connectivity index (χ2v) is 8.45. The summed E-state index contributed by atoms with van der Waals surface area (Å²) >= 11 is 12.7. The maximum Gasteiger partial charge on any atom is 0.345 e. The summed E-state index contributed by atoms with van der Waals surface area (Å²) < 4.78 is 6.96. The number of esters is 1. The number of ether oxygens (including phenoxy) is 1. The van der Waals surface area contributed by atoms with E-state index < -0.39 is 17.8 Å². The summed E-state index contributed by atoms with van der Waals surface area (Å²) in [5, 5.41) is 6.50. The van der Waals surface area contributed by atoms with Crippen LogP contribution in [-0.2, 0) is 9.59 Å². The molecule has 0 aromatic heterocycles. The minimum atomic E-state index is -0.964. The normalized spacial score (nSPS) is 10.6. The fraction of sp³-hybridized carbons (Fsp3) is 0. The third-order valence-electron chi connectivity index (χ3n) is 3.95. The number of hydrogen-bond donors (Lipinski definition) is 2. The van der Waals surface area contributed by atoms with Gasteiger partial charge < -0.3 is 10.1 Å². The van der Waals surface area contributed by atoms with Gasteiger partial charge >= 0.3 is 17.8 Å². The maximum atomic E-state index is 12.4. The molecule has 0 heterocycles. The predicted molar refractivity (Wildman–Crippen MR) is 129 cm³/mol. The second-order valence-electron chi connectivity index (χ2n) is 6.21. The van der Waals surface area contributed by atoms with E-state index in [0.29, 0.717) is 15.7 Å². The average molecular weight is 580 g/mol. The molecule has 2 N–H and O–H groups in total. The lowest BCUT2D eigenvalue weighted by Gasteiger charge is -2.09. The Balaban J connectivity index is 1.67. The minimum Gasteiger partial charge on any atom is -0.422 e. The van der Waals surface area contributed by atoms with Crippen molar-refractivity contribution in [1.82, 2.24) is 5.43 Å². The number of hydrogen-bond acceptors (Lipinski definition) is 5. The number of carbonyl (C=O) groups is 3. The van der Waals surface area contributed by atoms with Gasteiger partial charge in [-0.05, 0) is 54.6 Å². The van der Waals surface area contributed by atoms with E-state index in [9.17, 15) is 14.4 Å². The van der Waals surface area contributed by atoms with Crippen molar-refractivity contribution in [2.24, 2.45) is 5.10 Å². The van der Waals surface area contributed by atoms with Crippen LogP contribution in [0, 0.1) is 0 Å². The number of anilines is 1. The topological polar surface area (TPSA) is 96.9 Å². The zero-order chi connectivity index (χ0) is 23.1. The summed E-state index contributed by atoms with van der Waals surface area (Å²) in [6.07, 6.45) is 1.25. The van der Waals surface area contributed by atoms with Crippen LogP contribution in [0.3, 0.4) is 0 Å².